The molecule has 0 aliphatic carbocycles. The predicted molar refractivity (Wildman–Crippen MR) is 103 cm³/mol. The Morgan fingerprint density at radius 1 is 1.19 bits per heavy atom. The van der Waals surface area contributed by atoms with Gasteiger partial charge >= 0.3 is 0 Å². The lowest BCUT2D eigenvalue weighted by Gasteiger charge is -2.00. The molecule has 2 aromatic carbocycles. The van der Waals surface area contributed by atoms with Crippen molar-refractivity contribution in [2.45, 2.75) is 0 Å². The zero-order valence-electron chi connectivity index (χ0n) is 13.4. The van der Waals surface area contributed by atoms with E-state index in [-0.39, 0.29) is 12.7 Å². The molecule has 26 heavy (non-hydrogen) atoms. The maximum Gasteiger partial charge on any atom is 0.250 e. The number of nitrogens with zero attached hydrogens (tertiary/aromatic N) is 1. The SMILES string of the molecule is O=C(C=Cc1ccccc1Cl)Nc1nc(-c2ccc3c(c2)OCO3)cs1. The molecule has 0 bridgehead atoms. The summed E-state index contributed by atoms with van der Waals surface area (Å²) >= 11 is 7.42. The molecule has 0 saturated heterocycles. The van der Waals surface area contributed by atoms with Crippen LogP contribution in [0, 0.1) is 0 Å². The van der Waals surface area contributed by atoms with Crippen molar-refractivity contribution in [2.75, 3.05) is 12.1 Å². The summed E-state index contributed by atoms with van der Waals surface area (Å²) in [6.45, 7) is 0.231. The molecule has 1 N–H and O–H groups in total. The quantitative estimate of drug-likeness (QED) is 0.653. The monoisotopic (exact) mass is 384 g/mol. The van der Waals surface area contributed by atoms with E-state index >= 15 is 0 Å². The van der Waals surface area contributed by atoms with E-state index in [2.05, 4.69) is 10.3 Å². The molecule has 2 heterocycles. The first-order valence-corrected chi connectivity index (χ1v) is 9.04. The predicted octanol–water partition coefficient (Wildman–Crippen LogP) is 4.84. The molecule has 1 aromatic heterocycles. The van der Waals surface area contributed by atoms with Crippen LogP contribution in [0.2, 0.25) is 5.02 Å². The molecule has 7 heteroatoms. The van der Waals surface area contributed by atoms with Gasteiger partial charge in [0.1, 0.15) is 0 Å². The number of rotatable bonds is 4. The highest BCUT2D eigenvalue weighted by Crippen LogP contribution is 2.36. The standard InChI is InChI=1S/C19H13ClN2O3S/c20-14-4-2-1-3-12(14)6-8-18(23)22-19-21-15(10-26-19)13-5-7-16-17(9-13)25-11-24-16/h1-10H,11H2,(H,21,22,23). The Labute approximate surface area is 158 Å². The molecule has 0 fully saturated rings. The van der Waals surface area contributed by atoms with Gasteiger partial charge in [-0.2, -0.15) is 0 Å². The number of thiazole rings is 1. The first-order chi connectivity index (χ1) is 12.7. The summed E-state index contributed by atoms with van der Waals surface area (Å²) < 4.78 is 10.7. The maximum atomic E-state index is 12.1. The number of fused-ring (bicyclic) bond motifs is 1. The van der Waals surface area contributed by atoms with Gasteiger partial charge < -0.3 is 9.47 Å². The highest BCUT2D eigenvalue weighted by atomic mass is 35.5. The number of anilines is 1. The van der Waals surface area contributed by atoms with Crippen LogP contribution in [0.5, 0.6) is 11.5 Å². The minimum absolute atomic E-state index is 0.231. The number of ether oxygens (including phenoxy) is 2. The number of halogens is 1. The van der Waals surface area contributed by atoms with Gasteiger partial charge in [0.05, 0.1) is 5.69 Å². The smallest absolute Gasteiger partial charge is 0.250 e. The van der Waals surface area contributed by atoms with Gasteiger partial charge in [-0.25, -0.2) is 4.98 Å². The molecule has 0 atom stereocenters. The fourth-order valence-electron chi connectivity index (χ4n) is 2.44. The zero-order valence-corrected chi connectivity index (χ0v) is 15.0. The number of carbonyl (C=O) groups is 1. The van der Waals surface area contributed by atoms with E-state index in [4.69, 9.17) is 21.1 Å². The van der Waals surface area contributed by atoms with Crippen molar-refractivity contribution in [1.29, 1.82) is 0 Å². The molecule has 0 radical (unpaired) electrons. The number of hydrogen-bond donors (Lipinski definition) is 1. The normalized spacial score (nSPS) is 12.5. The van der Waals surface area contributed by atoms with Gasteiger partial charge in [-0.3, -0.25) is 10.1 Å². The van der Waals surface area contributed by atoms with Crippen molar-refractivity contribution in [3.05, 3.63) is 64.5 Å². The van der Waals surface area contributed by atoms with Crippen LogP contribution in [0.15, 0.2) is 53.9 Å². The number of amides is 1. The summed E-state index contributed by atoms with van der Waals surface area (Å²) in [5.41, 5.74) is 2.45. The first-order valence-electron chi connectivity index (χ1n) is 7.78. The van der Waals surface area contributed by atoms with Crippen molar-refractivity contribution >= 4 is 40.1 Å². The summed E-state index contributed by atoms with van der Waals surface area (Å²) in [4.78, 5) is 16.5. The largest absolute Gasteiger partial charge is 0.454 e. The molecule has 1 amide bonds. The summed E-state index contributed by atoms with van der Waals surface area (Å²) in [5.74, 6) is 1.16. The van der Waals surface area contributed by atoms with Crippen LogP contribution in [0.4, 0.5) is 5.13 Å². The molecular weight excluding hydrogens is 372 g/mol. The van der Waals surface area contributed by atoms with Crippen LogP contribution in [-0.4, -0.2) is 17.7 Å². The Morgan fingerprint density at radius 2 is 2.04 bits per heavy atom. The van der Waals surface area contributed by atoms with E-state index in [0.717, 1.165) is 22.6 Å². The van der Waals surface area contributed by atoms with Gasteiger partial charge in [-0.1, -0.05) is 29.8 Å². The van der Waals surface area contributed by atoms with Crippen LogP contribution in [0.3, 0.4) is 0 Å². The second kappa shape index (κ2) is 7.19. The van der Waals surface area contributed by atoms with Gasteiger partial charge in [0.15, 0.2) is 16.6 Å². The van der Waals surface area contributed by atoms with Gasteiger partial charge in [-0.15, -0.1) is 11.3 Å². The van der Waals surface area contributed by atoms with Crippen LogP contribution in [0.25, 0.3) is 17.3 Å². The maximum absolute atomic E-state index is 12.1. The lowest BCUT2D eigenvalue weighted by molar-refractivity contribution is -0.111. The highest BCUT2D eigenvalue weighted by Gasteiger charge is 2.15. The molecule has 130 valence electrons. The van der Waals surface area contributed by atoms with Crippen LogP contribution in [0.1, 0.15) is 5.56 Å². The molecule has 5 nitrogen and oxygen atoms in total. The second-order valence-electron chi connectivity index (χ2n) is 5.45. The molecule has 0 spiro atoms. The minimum atomic E-state index is -0.267. The highest BCUT2D eigenvalue weighted by molar-refractivity contribution is 7.14. The molecular formula is C19H13ClN2O3S. The van der Waals surface area contributed by atoms with Gasteiger partial charge in [0.25, 0.3) is 0 Å². The number of nitrogens with one attached hydrogen (secondary N) is 1. The minimum Gasteiger partial charge on any atom is -0.454 e. The van der Waals surface area contributed by atoms with Gasteiger partial charge in [0, 0.05) is 22.0 Å². The fraction of sp³-hybridized carbons (Fsp3) is 0.0526. The van der Waals surface area contributed by atoms with Gasteiger partial charge in [-0.05, 0) is 35.9 Å². The number of benzene rings is 2. The number of aromatic nitrogens is 1. The summed E-state index contributed by atoms with van der Waals surface area (Å²) in [7, 11) is 0. The third-order valence-corrected chi connectivity index (χ3v) is 4.82. The van der Waals surface area contributed by atoms with Crippen molar-refractivity contribution in [2.24, 2.45) is 0 Å². The molecule has 3 aromatic rings. The third-order valence-electron chi connectivity index (χ3n) is 3.72. The van der Waals surface area contributed by atoms with E-state index in [0.29, 0.717) is 15.9 Å². The summed E-state index contributed by atoms with van der Waals surface area (Å²) in [6.07, 6.45) is 3.10. The van der Waals surface area contributed by atoms with Crippen LogP contribution in [-0.2, 0) is 4.79 Å². The van der Waals surface area contributed by atoms with Crippen LogP contribution >= 0.6 is 22.9 Å². The number of hydrogen-bond acceptors (Lipinski definition) is 5. The van der Waals surface area contributed by atoms with E-state index in [1.165, 1.54) is 17.4 Å². The Morgan fingerprint density at radius 3 is 2.92 bits per heavy atom. The Bertz CT molecular complexity index is 1000. The molecule has 1 aliphatic heterocycles. The molecule has 4 rings (SSSR count). The summed E-state index contributed by atoms with van der Waals surface area (Å²) in [5, 5.41) is 5.75. The van der Waals surface area contributed by atoms with Crippen molar-refractivity contribution in [1.82, 2.24) is 4.98 Å². The molecule has 0 saturated carbocycles. The topological polar surface area (TPSA) is 60.5 Å². The summed E-state index contributed by atoms with van der Waals surface area (Å²) in [6, 6.07) is 13.0. The lowest BCUT2D eigenvalue weighted by atomic mass is 10.1. The fourth-order valence-corrected chi connectivity index (χ4v) is 3.36. The second-order valence-corrected chi connectivity index (χ2v) is 6.72. The average Bonchev–Trinajstić information content (AvgIpc) is 3.29. The Hall–Kier alpha value is -2.83. The zero-order chi connectivity index (χ0) is 17.9. The van der Waals surface area contributed by atoms with E-state index < -0.39 is 0 Å². The van der Waals surface area contributed by atoms with Crippen molar-refractivity contribution < 1.29 is 14.3 Å². The molecule has 1 aliphatic rings. The van der Waals surface area contributed by atoms with E-state index in [9.17, 15) is 4.79 Å². The molecule has 0 unspecified atom stereocenters. The third kappa shape index (κ3) is 3.56. The van der Waals surface area contributed by atoms with Crippen molar-refractivity contribution in [3.8, 4) is 22.8 Å². The Balaban J connectivity index is 1.45. The van der Waals surface area contributed by atoms with Gasteiger partial charge in [0.2, 0.25) is 12.7 Å². The number of carbonyl (C=O) groups excluding carboxylic acids is 1. The first kappa shape index (κ1) is 16.6. The average molecular weight is 385 g/mol. The van der Waals surface area contributed by atoms with Crippen LogP contribution < -0.4 is 14.8 Å². The van der Waals surface area contributed by atoms with Crippen molar-refractivity contribution in [3.63, 3.8) is 0 Å². The van der Waals surface area contributed by atoms with E-state index in [1.807, 2.05) is 41.8 Å². The lowest BCUT2D eigenvalue weighted by Crippen LogP contribution is -2.07. The van der Waals surface area contributed by atoms with E-state index in [1.54, 1.807) is 12.1 Å². The Kier molecular flexibility index (Phi) is 4.60.